The molecule has 13 nitrogen and oxygen atoms in total. The molecule has 0 unspecified atom stereocenters. The van der Waals surface area contributed by atoms with E-state index in [0.717, 1.165) is 5.56 Å². The number of hydrogen-bond acceptors (Lipinski definition) is 10. The van der Waals surface area contributed by atoms with Gasteiger partial charge in [0.15, 0.2) is 18.0 Å². The van der Waals surface area contributed by atoms with Crippen LogP contribution in [0.4, 0.5) is 0 Å². The van der Waals surface area contributed by atoms with Gasteiger partial charge in [0.25, 0.3) is 11.6 Å². The summed E-state index contributed by atoms with van der Waals surface area (Å²) in [6, 6.07) is 1.31. The number of fused-ring (bicyclic) bond motifs is 1. The molecule has 0 saturated carbocycles. The van der Waals surface area contributed by atoms with Gasteiger partial charge in [-0.3, -0.25) is 20.4 Å². The lowest BCUT2D eigenvalue weighted by atomic mass is 9.85. The first kappa shape index (κ1) is 21.3. The predicted octanol–water partition coefficient (Wildman–Crippen LogP) is -4.70. The molecule has 0 aromatic heterocycles. The molecular formula is C20H26N7O6+. The number of amides is 1. The van der Waals surface area contributed by atoms with Gasteiger partial charge in [-0.25, -0.2) is 15.1 Å². The quantitative estimate of drug-likeness (QED) is 0.202. The van der Waals surface area contributed by atoms with E-state index >= 15 is 0 Å². The minimum absolute atomic E-state index is 0.0721. The van der Waals surface area contributed by atoms with Crippen LogP contribution in [-0.4, -0.2) is 86.7 Å². The van der Waals surface area contributed by atoms with Crippen LogP contribution in [0, 0.1) is 0 Å². The standard InChI is InChI=1S/C20H25N7O6/c1-18(2)7-33-12-8(4-3-5-9(12)18)14(28)23-10-6-27-17(22)24-11(15(29)30)13-19(27,20(10,31)32)26-16(21)25-13/h3-5,10-11,13,31-32H,6-7H2,1-2H3,(H2,22,24)(H,23,28)(H,29,30)(H3,21,25,26)/p+1/t10-,11+,13-,19-/m0/s1. The van der Waals surface area contributed by atoms with Gasteiger partial charge < -0.3 is 31.1 Å². The highest BCUT2D eigenvalue weighted by atomic mass is 16.5. The van der Waals surface area contributed by atoms with Gasteiger partial charge in [-0.05, 0) is 6.07 Å². The van der Waals surface area contributed by atoms with Gasteiger partial charge in [-0.2, -0.15) is 0 Å². The number of aliphatic hydroxyl groups is 2. The lowest BCUT2D eigenvalue weighted by Gasteiger charge is -2.45. The summed E-state index contributed by atoms with van der Waals surface area (Å²) in [5, 5.41) is 37.6. The second-order valence-corrected chi connectivity index (χ2v) is 9.42. The first-order valence-corrected chi connectivity index (χ1v) is 10.4. The van der Waals surface area contributed by atoms with Gasteiger partial charge in [-0.1, -0.05) is 26.0 Å². The number of para-hydroxylation sites is 1. The minimum atomic E-state index is -2.69. The molecule has 1 aromatic rings. The molecule has 4 heterocycles. The number of nitrogens with zero attached hydrogens (tertiary/aromatic N) is 2. The fraction of sp³-hybridized carbons (Fsp3) is 0.500. The maximum absolute atomic E-state index is 13.2. The van der Waals surface area contributed by atoms with E-state index in [4.69, 9.17) is 16.2 Å². The molecule has 10 N–H and O–H groups in total. The monoisotopic (exact) mass is 460 g/mol. The number of carbonyl (C=O) groups excluding carboxylic acids is 1. The SMILES string of the molecule is CC1(C)COc2c(C(=O)N[C@H]3CN4C(N)=N[C@@H](C(=O)O)[C@@H]5[NH+]=C(N)N[C@@]54C3(O)O)cccc21. The number of aliphatic carboxylic acids is 1. The smallest absolute Gasteiger partial charge is 0.343 e. The number of benzene rings is 1. The summed E-state index contributed by atoms with van der Waals surface area (Å²) in [4.78, 5) is 33.0. The zero-order valence-electron chi connectivity index (χ0n) is 18.0. The van der Waals surface area contributed by atoms with Crippen LogP contribution >= 0.6 is 0 Å². The van der Waals surface area contributed by atoms with Gasteiger partial charge in [0.1, 0.15) is 11.8 Å². The van der Waals surface area contributed by atoms with E-state index in [9.17, 15) is 24.9 Å². The van der Waals surface area contributed by atoms with Crippen LogP contribution in [0.1, 0.15) is 29.8 Å². The molecular weight excluding hydrogens is 434 g/mol. The highest BCUT2D eigenvalue weighted by molar-refractivity contribution is 5.98. The van der Waals surface area contributed by atoms with Crippen molar-refractivity contribution in [3.63, 3.8) is 0 Å². The van der Waals surface area contributed by atoms with E-state index in [0.29, 0.717) is 12.4 Å². The van der Waals surface area contributed by atoms with Crippen molar-refractivity contribution in [1.82, 2.24) is 15.5 Å². The number of aliphatic imine (C=N–C) groups is 1. The van der Waals surface area contributed by atoms with E-state index in [-0.39, 0.29) is 29.4 Å². The molecule has 176 valence electrons. The minimum Gasteiger partial charge on any atom is -0.492 e. The summed E-state index contributed by atoms with van der Waals surface area (Å²) >= 11 is 0. The first-order chi connectivity index (χ1) is 15.4. The van der Waals surface area contributed by atoms with Crippen LogP contribution in [0.15, 0.2) is 23.2 Å². The van der Waals surface area contributed by atoms with E-state index in [1.807, 2.05) is 19.9 Å². The van der Waals surface area contributed by atoms with Crippen LogP contribution in [0.3, 0.4) is 0 Å². The number of guanidine groups is 2. The number of hydrogen-bond donors (Lipinski definition) is 8. The number of nitrogens with one attached hydrogen (secondary N) is 3. The Balaban J connectivity index is 1.50. The molecule has 1 saturated heterocycles. The normalized spacial score (nSPS) is 32.5. The van der Waals surface area contributed by atoms with Crippen molar-refractivity contribution in [2.24, 2.45) is 16.5 Å². The number of carbonyl (C=O) groups is 2. The third kappa shape index (κ3) is 2.66. The average Bonchev–Trinajstić information content (AvgIpc) is 3.32. The third-order valence-electron chi connectivity index (χ3n) is 6.91. The molecule has 1 amide bonds. The van der Waals surface area contributed by atoms with Crippen molar-refractivity contribution in [3.05, 3.63) is 29.3 Å². The van der Waals surface area contributed by atoms with Crippen LogP contribution in [0.25, 0.3) is 0 Å². The van der Waals surface area contributed by atoms with Crippen LogP contribution in [-0.2, 0) is 10.2 Å². The molecule has 1 aromatic carbocycles. The average molecular weight is 460 g/mol. The Hall–Kier alpha value is -3.58. The molecule has 5 rings (SSSR count). The van der Waals surface area contributed by atoms with Gasteiger partial charge in [0, 0.05) is 11.0 Å². The van der Waals surface area contributed by atoms with Crippen molar-refractivity contribution < 1.29 is 34.6 Å². The van der Waals surface area contributed by atoms with Crippen LogP contribution in [0.2, 0.25) is 0 Å². The zero-order valence-corrected chi connectivity index (χ0v) is 18.0. The van der Waals surface area contributed by atoms with Crippen LogP contribution in [0.5, 0.6) is 5.75 Å². The fourth-order valence-electron chi connectivity index (χ4n) is 5.25. The highest BCUT2D eigenvalue weighted by Crippen LogP contribution is 2.43. The van der Waals surface area contributed by atoms with E-state index in [2.05, 4.69) is 20.6 Å². The lowest BCUT2D eigenvalue weighted by molar-refractivity contribution is -0.519. The molecule has 0 radical (unpaired) electrons. The van der Waals surface area contributed by atoms with Crippen molar-refractivity contribution in [2.75, 3.05) is 13.2 Å². The van der Waals surface area contributed by atoms with E-state index < -0.39 is 41.5 Å². The Bertz CT molecular complexity index is 1130. The molecule has 13 heteroatoms. The summed E-state index contributed by atoms with van der Waals surface area (Å²) in [6.07, 6.45) is 0. The Morgan fingerprint density at radius 2 is 2.06 bits per heavy atom. The number of carboxylic acid groups (broad SMARTS) is 1. The first-order valence-electron chi connectivity index (χ1n) is 10.4. The number of ether oxygens (including phenoxy) is 1. The van der Waals surface area contributed by atoms with Gasteiger partial charge in [0.2, 0.25) is 5.79 Å². The molecule has 4 atom stereocenters. The molecule has 1 fully saturated rings. The summed E-state index contributed by atoms with van der Waals surface area (Å²) in [7, 11) is 0. The second kappa shape index (κ2) is 6.48. The molecule has 0 aliphatic carbocycles. The van der Waals surface area contributed by atoms with Crippen LogP contribution < -0.4 is 31.8 Å². The Morgan fingerprint density at radius 1 is 1.33 bits per heavy atom. The Labute approximate surface area is 188 Å². The number of nitrogens with two attached hydrogens (primary N) is 2. The molecule has 33 heavy (non-hydrogen) atoms. The summed E-state index contributed by atoms with van der Waals surface area (Å²) in [6.45, 7) is 4.25. The maximum atomic E-state index is 13.2. The van der Waals surface area contributed by atoms with Crippen molar-refractivity contribution in [3.8, 4) is 5.75 Å². The Morgan fingerprint density at radius 3 is 2.76 bits per heavy atom. The Kier molecular flexibility index (Phi) is 4.18. The number of carboxylic acids is 1. The van der Waals surface area contributed by atoms with Crippen molar-refractivity contribution in [1.29, 1.82) is 0 Å². The van der Waals surface area contributed by atoms with E-state index in [1.165, 1.54) is 4.90 Å². The molecule has 4 aliphatic heterocycles. The fourth-order valence-corrected chi connectivity index (χ4v) is 5.25. The summed E-state index contributed by atoms with van der Waals surface area (Å²) in [5.41, 5.74) is 10.9. The van der Waals surface area contributed by atoms with Gasteiger partial charge in [-0.15, -0.1) is 0 Å². The topological polar surface area (TPSA) is 210 Å². The summed E-state index contributed by atoms with van der Waals surface area (Å²) in [5.74, 6) is -4.45. The third-order valence-corrected chi connectivity index (χ3v) is 6.91. The van der Waals surface area contributed by atoms with Gasteiger partial charge >= 0.3 is 11.9 Å². The van der Waals surface area contributed by atoms with E-state index in [1.54, 1.807) is 12.1 Å². The van der Waals surface area contributed by atoms with Crippen molar-refractivity contribution in [2.45, 2.75) is 48.8 Å². The largest absolute Gasteiger partial charge is 0.492 e. The number of rotatable bonds is 3. The maximum Gasteiger partial charge on any atom is 0.343 e. The second-order valence-electron chi connectivity index (χ2n) is 9.42. The molecule has 4 aliphatic rings. The lowest BCUT2D eigenvalue weighted by Crippen LogP contribution is -2.90. The summed E-state index contributed by atoms with van der Waals surface area (Å²) < 4.78 is 5.77. The highest BCUT2D eigenvalue weighted by Gasteiger charge is 2.77. The molecule has 1 spiro atoms. The van der Waals surface area contributed by atoms with Crippen molar-refractivity contribution >= 4 is 23.8 Å². The molecule has 0 bridgehead atoms. The predicted molar refractivity (Wildman–Crippen MR) is 113 cm³/mol. The van der Waals surface area contributed by atoms with Gasteiger partial charge in [0.05, 0.1) is 18.7 Å². The zero-order chi connectivity index (χ0) is 23.9.